The minimum Gasteiger partial charge on any atom is -0.496 e. The van der Waals surface area contributed by atoms with E-state index in [9.17, 15) is 18.4 Å². The predicted molar refractivity (Wildman–Crippen MR) is 266 cm³/mol. The minimum atomic E-state index is -0.752. The summed E-state index contributed by atoms with van der Waals surface area (Å²) in [6.45, 7) is 14.2. The fourth-order valence-electron chi connectivity index (χ4n) is 9.50. The lowest BCUT2D eigenvalue weighted by Crippen LogP contribution is -2.59. The molecule has 2 saturated heterocycles. The number of amides is 2. The van der Waals surface area contributed by atoms with Gasteiger partial charge < -0.3 is 48.0 Å². The van der Waals surface area contributed by atoms with E-state index < -0.39 is 34.5 Å². The van der Waals surface area contributed by atoms with E-state index in [1.54, 1.807) is 34.1 Å². The van der Waals surface area contributed by atoms with Crippen LogP contribution in [0.15, 0.2) is 60.9 Å². The zero-order valence-corrected chi connectivity index (χ0v) is 42.3. The zero-order chi connectivity index (χ0) is 51.6. The number of piperazine rings is 2. The minimum absolute atomic E-state index is 0.0214. The molecule has 2 fully saturated rings. The van der Waals surface area contributed by atoms with Crippen LogP contribution in [0.3, 0.4) is 0 Å². The van der Waals surface area contributed by atoms with Crippen LogP contribution < -0.4 is 28.7 Å². The van der Waals surface area contributed by atoms with Crippen LogP contribution in [0, 0.1) is 23.3 Å². The Morgan fingerprint density at radius 2 is 1.00 bits per heavy atom. The van der Waals surface area contributed by atoms with E-state index in [1.165, 1.54) is 50.9 Å². The van der Waals surface area contributed by atoms with Crippen molar-refractivity contribution in [3.05, 3.63) is 94.2 Å². The van der Waals surface area contributed by atoms with Gasteiger partial charge >= 0.3 is 12.2 Å². The van der Waals surface area contributed by atoms with E-state index in [-0.39, 0.29) is 79.1 Å². The van der Waals surface area contributed by atoms with Gasteiger partial charge in [0.2, 0.25) is 0 Å². The summed E-state index contributed by atoms with van der Waals surface area (Å²) in [5.41, 5.74) is -0.190. The molecular formula is C52H52Cl2F4N6O8. The average molecular weight is 1040 g/mol. The number of pyridine rings is 2. The number of ether oxygens (including phenoxy) is 6. The smallest absolute Gasteiger partial charge is 0.410 e. The Kier molecular flexibility index (Phi) is 13.6. The average Bonchev–Trinajstić information content (AvgIpc) is 3.33. The van der Waals surface area contributed by atoms with Gasteiger partial charge in [0, 0.05) is 61.2 Å². The van der Waals surface area contributed by atoms with Crippen LogP contribution in [0.25, 0.3) is 44.1 Å². The molecule has 6 heterocycles. The fraction of sp³-hybridized carbons (Fsp3) is 0.385. The van der Waals surface area contributed by atoms with Crippen LogP contribution in [0.1, 0.15) is 41.5 Å². The molecule has 72 heavy (non-hydrogen) atoms. The Labute approximate surface area is 423 Å². The number of hydrogen-bond acceptors (Lipinski definition) is 12. The van der Waals surface area contributed by atoms with Crippen molar-refractivity contribution < 1.29 is 55.6 Å². The summed E-state index contributed by atoms with van der Waals surface area (Å²) in [6, 6.07) is 11.3. The second-order valence-electron chi connectivity index (χ2n) is 19.6. The van der Waals surface area contributed by atoms with Crippen molar-refractivity contribution in [2.45, 2.75) is 64.8 Å². The summed E-state index contributed by atoms with van der Waals surface area (Å²) in [7, 11) is 2.77. The van der Waals surface area contributed by atoms with Crippen molar-refractivity contribution in [1.82, 2.24) is 19.8 Å². The van der Waals surface area contributed by atoms with Crippen LogP contribution in [0.4, 0.5) is 38.5 Å². The lowest BCUT2D eigenvalue weighted by molar-refractivity contribution is 0.0184. The molecule has 2 aromatic heterocycles. The first kappa shape index (κ1) is 50.3. The number of fused-ring (bicyclic) bond motifs is 10. The van der Waals surface area contributed by atoms with Gasteiger partial charge in [0.15, 0.2) is 23.1 Å². The summed E-state index contributed by atoms with van der Waals surface area (Å²) < 4.78 is 94.9. The summed E-state index contributed by atoms with van der Waals surface area (Å²) in [4.78, 5) is 41.3. The van der Waals surface area contributed by atoms with E-state index in [1.807, 2.05) is 41.5 Å². The van der Waals surface area contributed by atoms with Gasteiger partial charge in [0.25, 0.3) is 0 Å². The fourth-order valence-corrected chi connectivity index (χ4v) is 10.1. The number of anilines is 2. The Hall–Kier alpha value is -6.66. The molecule has 10 rings (SSSR count). The van der Waals surface area contributed by atoms with Gasteiger partial charge in [-0.05, 0) is 77.9 Å². The number of hydrogen-bond donors (Lipinski definition) is 0. The highest BCUT2D eigenvalue weighted by molar-refractivity contribution is 6.35. The number of carbonyl (C=O) groups excluding carboxylic acids is 2. The Morgan fingerprint density at radius 3 is 1.36 bits per heavy atom. The van der Waals surface area contributed by atoms with Gasteiger partial charge in [-0.15, -0.1) is 0 Å². The van der Waals surface area contributed by atoms with Crippen LogP contribution in [0.2, 0.25) is 10.0 Å². The van der Waals surface area contributed by atoms with E-state index >= 15 is 8.78 Å². The maximum atomic E-state index is 15.9. The van der Waals surface area contributed by atoms with Crippen molar-refractivity contribution in [3.8, 4) is 45.3 Å². The van der Waals surface area contributed by atoms with E-state index in [2.05, 4.69) is 19.8 Å². The van der Waals surface area contributed by atoms with Gasteiger partial charge in [0.05, 0.1) is 71.2 Å². The third-order valence-corrected chi connectivity index (χ3v) is 13.2. The molecule has 0 aliphatic carbocycles. The molecule has 20 heteroatoms. The van der Waals surface area contributed by atoms with Gasteiger partial charge in [-0.3, -0.25) is 0 Å². The van der Waals surface area contributed by atoms with Crippen LogP contribution in [0.5, 0.6) is 23.0 Å². The Morgan fingerprint density at radius 1 is 0.611 bits per heavy atom. The molecule has 2 amide bonds. The first-order valence-corrected chi connectivity index (χ1v) is 23.9. The summed E-state index contributed by atoms with van der Waals surface area (Å²) >= 11 is 13.1. The lowest BCUT2D eigenvalue weighted by Gasteiger charge is -2.45. The Balaban J connectivity index is 0.000000178. The van der Waals surface area contributed by atoms with Crippen LogP contribution >= 0.6 is 23.2 Å². The molecule has 0 bridgehead atoms. The van der Waals surface area contributed by atoms with Crippen LogP contribution in [-0.2, 0) is 9.47 Å². The highest BCUT2D eigenvalue weighted by atomic mass is 35.5. The summed E-state index contributed by atoms with van der Waals surface area (Å²) in [6.07, 6.45) is 2.16. The molecule has 4 aromatic carbocycles. The van der Waals surface area contributed by atoms with Crippen molar-refractivity contribution in [2.75, 3.05) is 76.5 Å². The normalized spacial score (nSPS) is 17.4. The third kappa shape index (κ3) is 9.46. The maximum absolute atomic E-state index is 15.9. The molecular weight excluding hydrogens is 984 g/mol. The molecule has 0 radical (unpaired) electrons. The zero-order valence-electron chi connectivity index (χ0n) is 40.8. The number of benzene rings is 4. The highest BCUT2D eigenvalue weighted by Gasteiger charge is 2.40. The number of aromatic nitrogens is 2. The van der Waals surface area contributed by atoms with Gasteiger partial charge in [-0.2, -0.15) is 0 Å². The predicted octanol–water partition coefficient (Wildman–Crippen LogP) is 11.3. The largest absolute Gasteiger partial charge is 0.496 e. The molecule has 0 spiro atoms. The van der Waals surface area contributed by atoms with Crippen molar-refractivity contribution in [3.63, 3.8) is 0 Å². The quantitative estimate of drug-likeness (QED) is 0.156. The van der Waals surface area contributed by atoms with E-state index in [0.29, 0.717) is 86.1 Å². The standard InChI is InChI=1S/2C26H26ClF2N3O4/c2*1-26(2,3)36-25(33)31-8-9-32-14(12-31)13-35-19-11-30-23-15(24(19)32)10-16(27)20(22(23)29)21-17(28)6-5-7-18(21)34-4/h2*5-7,10-11,14H,8-9,12-13H2,1-4H3/t2*14-/m11/s1. The number of rotatable bonds is 4. The lowest BCUT2D eigenvalue weighted by atomic mass is 9.99. The molecule has 14 nitrogen and oxygen atoms in total. The molecule has 6 aromatic rings. The molecule has 2 atom stereocenters. The molecule has 380 valence electrons. The second-order valence-corrected chi connectivity index (χ2v) is 20.4. The van der Waals surface area contributed by atoms with Crippen molar-refractivity contribution >= 4 is 68.6 Å². The van der Waals surface area contributed by atoms with E-state index in [4.69, 9.17) is 51.6 Å². The monoisotopic (exact) mass is 1030 g/mol. The number of halogens is 6. The topological polar surface area (TPSA) is 128 Å². The number of methoxy groups -OCH3 is 2. The Bertz CT molecular complexity index is 2930. The van der Waals surface area contributed by atoms with E-state index in [0.717, 1.165) is 0 Å². The molecule has 0 N–H and O–H groups in total. The number of carbonyl (C=O) groups is 2. The van der Waals surface area contributed by atoms with Gasteiger partial charge in [-0.25, -0.2) is 37.1 Å². The molecule has 4 aliphatic heterocycles. The van der Waals surface area contributed by atoms with Crippen LogP contribution in [-0.4, -0.2) is 122 Å². The number of nitrogens with zero attached hydrogens (tertiary/aromatic N) is 6. The molecule has 0 unspecified atom stereocenters. The second kappa shape index (κ2) is 19.4. The SMILES string of the molecule is COc1cccc(F)c1-c1c(Cl)cc2c3c(cnc2c1F)OC[C@H]1CN(C(=O)OC(C)(C)C)CCN31.COc1cccc(F)c1-c1c(Cl)cc2c3c(cnc2c1F)OC[C@H]1CN(C(=O)OC(C)(C)C)CCN31. The first-order valence-electron chi connectivity index (χ1n) is 23.2. The highest BCUT2D eigenvalue weighted by Crippen LogP contribution is 2.49. The maximum Gasteiger partial charge on any atom is 0.410 e. The first-order chi connectivity index (χ1) is 34.2. The summed E-state index contributed by atoms with van der Waals surface area (Å²) in [5, 5.41) is 0.940. The van der Waals surface area contributed by atoms with Crippen molar-refractivity contribution in [1.29, 1.82) is 0 Å². The third-order valence-electron chi connectivity index (χ3n) is 12.6. The molecule has 4 aliphatic rings. The van der Waals surface area contributed by atoms with Gasteiger partial charge in [-0.1, -0.05) is 35.3 Å². The van der Waals surface area contributed by atoms with Gasteiger partial charge in [0.1, 0.15) is 58.6 Å². The molecule has 0 saturated carbocycles. The summed E-state index contributed by atoms with van der Waals surface area (Å²) in [5.74, 6) is -1.50. The van der Waals surface area contributed by atoms with Crippen molar-refractivity contribution in [2.24, 2.45) is 0 Å².